The van der Waals surface area contributed by atoms with E-state index in [9.17, 15) is 4.79 Å². The maximum absolute atomic E-state index is 12.0. The fourth-order valence-corrected chi connectivity index (χ4v) is 2.63. The lowest BCUT2D eigenvalue weighted by atomic mass is 9.84. The number of halogens is 1. The first kappa shape index (κ1) is 15.9. The lowest BCUT2D eigenvalue weighted by Crippen LogP contribution is -2.45. The number of rotatable bonds is 4. The third-order valence-corrected chi connectivity index (χ3v) is 3.65. The van der Waals surface area contributed by atoms with Gasteiger partial charge in [0.15, 0.2) is 0 Å². The SMILES string of the molecule is Cl.NCC1CCCCC1NC(=O)Cc1cccnc1. The van der Waals surface area contributed by atoms with Gasteiger partial charge in [-0.25, -0.2) is 0 Å². The highest BCUT2D eigenvalue weighted by Crippen LogP contribution is 2.23. The van der Waals surface area contributed by atoms with Crippen LogP contribution in [0.5, 0.6) is 0 Å². The summed E-state index contributed by atoms with van der Waals surface area (Å²) in [5.41, 5.74) is 6.71. The van der Waals surface area contributed by atoms with Crippen molar-refractivity contribution in [2.24, 2.45) is 11.7 Å². The minimum atomic E-state index is 0. The van der Waals surface area contributed by atoms with Crippen LogP contribution in [-0.2, 0) is 11.2 Å². The van der Waals surface area contributed by atoms with Gasteiger partial charge in [-0.15, -0.1) is 12.4 Å². The summed E-state index contributed by atoms with van der Waals surface area (Å²) in [6.45, 7) is 0.665. The number of hydrogen-bond acceptors (Lipinski definition) is 3. The lowest BCUT2D eigenvalue weighted by molar-refractivity contribution is -0.121. The summed E-state index contributed by atoms with van der Waals surface area (Å²) in [6, 6.07) is 4.03. The molecule has 2 atom stereocenters. The van der Waals surface area contributed by atoms with Gasteiger partial charge in [0.2, 0.25) is 5.91 Å². The van der Waals surface area contributed by atoms with Crippen LogP contribution in [0.1, 0.15) is 31.2 Å². The fourth-order valence-electron chi connectivity index (χ4n) is 2.63. The maximum atomic E-state index is 12.0. The number of carbonyl (C=O) groups is 1. The van der Waals surface area contributed by atoms with Gasteiger partial charge in [0.1, 0.15) is 0 Å². The van der Waals surface area contributed by atoms with E-state index in [4.69, 9.17) is 5.73 Å². The molecule has 1 fully saturated rings. The maximum Gasteiger partial charge on any atom is 0.224 e. The molecule has 3 N–H and O–H groups in total. The highest BCUT2D eigenvalue weighted by Gasteiger charge is 2.25. The Kier molecular flexibility index (Phi) is 6.81. The summed E-state index contributed by atoms with van der Waals surface area (Å²) in [7, 11) is 0. The van der Waals surface area contributed by atoms with Gasteiger partial charge in [0.25, 0.3) is 0 Å². The number of pyridine rings is 1. The number of carbonyl (C=O) groups excluding carboxylic acids is 1. The second kappa shape index (κ2) is 8.12. The molecule has 4 nitrogen and oxygen atoms in total. The van der Waals surface area contributed by atoms with E-state index in [-0.39, 0.29) is 24.4 Å². The second-order valence-corrected chi connectivity index (χ2v) is 4.99. The topological polar surface area (TPSA) is 68.0 Å². The van der Waals surface area contributed by atoms with Crippen molar-refractivity contribution in [3.63, 3.8) is 0 Å². The molecule has 1 aromatic rings. The van der Waals surface area contributed by atoms with Crippen LogP contribution in [0, 0.1) is 5.92 Å². The van der Waals surface area contributed by atoms with Crippen LogP contribution in [0.15, 0.2) is 24.5 Å². The Balaban J connectivity index is 0.00000180. The normalized spacial score (nSPS) is 22.4. The molecule has 0 bridgehead atoms. The second-order valence-electron chi connectivity index (χ2n) is 4.99. The minimum Gasteiger partial charge on any atom is -0.353 e. The molecule has 0 saturated heterocycles. The largest absolute Gasteiger partial charge is 0.353 e. The zero-order valence-electron chi connectivity index (χ0n) is 11.0. The molecule has 0 aromatic carbocycles. The van der Waals surface area contributed by atoms with E-state index in [0.29, 0.717) is 18.9 Å². The number of nitrogens with one attached hydrogen (secondary N) is 1. The molecule has 1 amide bonds. The molecule has 0 aliphatic heterocycles. The van der Waals surface area contributed by atoms with Gasteiger partial charge in [-0.3, -0.25) is 9.78 Å². The smallest absolute Gasteiger partial charge is 0.224 e. The van der Waals surface area contributed by atoms with Crippen LogP contribution in [0.2, 0.25) is 0 Å². The zero-order chi connectivity index (χ0) is 12.8. The fraction of sp³-hybridized carbons (Fsp3) is 0.571. The number of nitrogens with zero attached hydrogens (tertiary/aromatic N) is 1. The van der Waals surface area contributed by atoms with Gasteiger partial charge in [-0.05, 0) is 36.9 Å². The molecule has 0 spiro atoms. The van der Waals surface area contributed by atoms with E-state index >= 15 is 0 Å². The van der Waals surface area contributed by atoms with Crippen molar-refractivity contribution in [3.8, 4) is 0 Å². The Morgan fingerprint density at radius 3 is 2.89 bits per heavy atom. The summed E-state index contributed by atoms with van der Waals surface area (Å²) in [5.74, 6) is 0.518. The van der Waals surface area contributed by atoms with E-state index in [1.54, 1.807) is 12.4 Å². The van der Waals surface area contributed by atoms with Crippen LogP contribution >= 0.6 is 12.4 Å². The first-order valence-electron chi connectivity index (χ1n) is 6.68. The van der Waals surface area contributed by atoms with Crippen LogP contribution in [-0.4, -0.2) is 23.5 Å². The molecule has 1 aliphatic rings. The van der Waals surface area contributed by atoms with E-state index < -0.39 is 0 Å². The third kappa shape index (κ3) is 4.80. The Labute approximate surface area is 120 Å². The molecule has 1 heterocycles. The molecular formula is C14H22ClN3O. The molecule has 0 radical (unpaired) electrons. The number of nitrogens with two attached hydrogens (primary N) is 1. The number of aromatic nitrogens is 1. The van der Waals surface area contributed by atoms with E-state index in [1.807, 2.05) is 12.1 Å². The Morgan fingerprint density at radius 1 is 1.42 bits per heavy atom. The van der Waals surface area contributed by atoms with Crippen LogP contribution < -0.4 is 11.1 Å². The molecule has 2 rings (SSSR count). The summed E-state index contributed by atoms with van der Waals surface area (Å²) in [6.07, 6.45) is 8.47. The van der Waals surface area contributed by atoms with Gasteiger partial charge in [-0.2, -0.15) is 0 Å². The first-order valence-corrected chi connectivity index (χ1v) is 6.68. The average Bonchev–Trinajstić information content (AvgIpc) is 2.40. The van der Waals surface area contributed by atoms with Crippen molar-refractivity contribution in [2.75, 3.05) is 6.54 Å². The van der Waals surface area contributed by atoms with Crippen molar-refractivity contribution < 1.29 is 4.79 Å². The van der Waals surface area contributed by atoms with E-state index in [1.165, 1.54) is 12.8 Å². The highest BCUT2D eigenvalue weighted by molar-refractivity contribution is 5.85. The molecule has 1 aliphatic carbocycles. The first-order chi connectivity index (χ1) is 8.79. The van der Waals surface area contributed by atoms with Crippen molar-refractivity contribution in [1.82, 2.24) is 10.3 Å². The summed E-state index contributed by atoms with van der Waals surface area (Å²) < 4.78 is 0. The third-order valence-electron chi connectivity index (χ3n) is 3.65. The molecule has 5 heteroatoms. The van der Waals surface area contributed by atoms with Gasteiger partial charge < -0.3 is 11.1 Å². The number of amides is 1. The molecule has 1 aromatic heterocycles. The Morgan fingerprint density at radius 2 is 2.21 bits per heavy atom. The van der Waals surface area contributed by atoms with Gasteiger partial charge >= 0.3 is 0 Å². The average molecular weight is 284 g/mol. The van der Waals surface area contributed by atoms with E-state index in [0.717, 1.165) is 18.4 Å². The number of hydrogen-bond donors (Lipinski definition) is 2. The van der Waals surface area contributed by atoms with Crippen molar-refractivity contribution in [2.45, 2.75) is 38.1 Å². The van der Waals surface area contributed by atoms with Crippen molar-refractivity contribution >= 4 is 18.3 Å². The molecule has 1 saturated carbocycles. The minimum absolute atomic E-state index is 0. The molecule has 106 valence electrons. The predicted octanol–water partition coefficient (Wildman–Crippen LogP) is 1.68. The molecular weight excluding hydrogens is 262 g/mol. The van der Waals surface area contributed by atoms with Crippen molar-refractivity contribution in [3.05, 3.63) is 30.1 Å². The van der Waals surface area contributed by atoms with E-state index in [2.05, 4.69) is 10.3 Å². The van der Waals surface area contributed by atoms with Crippen LogP contribution in [0.3, 0.4) is 0 Å². The Bertz CT molecular complexity index is 386. The van der Waals surface area contributed by atoms with Gasteiger partial charge in [-0.1, -0.05) is 18.9 Å². The summed E-state index contributed by atoms with van der Waals surface area (Å²) in [4.78, 5) is 16.0. The zero-order valence-corrected chi connectivity index (χ0v) is 11.9. The van der Waals surface area contributed by atoms with Crippen LogP contribution in [0.4, 0.5) is 0 Å². The monoisotopic (exact) mass is 283 g/mol. The van der Waals surface area contributed by atoms with Gasteiger partial charge in [0, 0.05) is 18.4 Å². The Hall–Kier alpha value is -1.13. The lowest BCUT2D eigenvalue weighted by Gasteiger charge is -2.31. The van der Waals surface area contributed by atoms with Crippen molar-refractivity contribution in [1.29, 1.82) is 0 Å². The standard InChI is InChI=1S/C14H21N3O.ClH/c15-9-12-5-1-2-6-13(12)17-14(18)8-11-4-3-7-16-10-11;/h3-4,7,10,12-13H,1-2,5-6,8-9,15H2,(H,17,18);1H. The molecule has 19 heavy (non-hydrogen) atoms. The highest BCUT2D eigenvalue weighted by atomic mass is 35.5. The summed E-state index contributed by atoms with van der Waals surface area (Å²) in [5, 5.41) is 3.12. The van der Waals surface area contributed by atoms with Gasteiger partial charge in [0.05, 0.1) is 6.42 Å². The molecule has 2 unspecified atom stereocenters. The quantitative estimate of drug-likeness (QED) is 0.883. The predicted molar refractivity (Wildman–Crippen MR) is 78.1 cm³/mol. The summed E-state index contributed by atoms with van der Waals surface area (Å²) >= 11 is 0. The van der Waals surface area contributed by atoms with Crippen LogP contribution in [0.25, 0.3) is 0 Å².